The second-order valence-electron chi connectivity index (χ2n) is 14.7. The van der Waals surface area contributed by atoms with Crippen LogP contribution in [0.25, 0.3) is 89.5 Å². The number of para-hydroxylation sites is 1. The maximum atomic E-state index is 6.23. The van der Waals surface area contributed by atoms with E-state index < -0.39 is 0 Å². The number of nitrogens with zero attached hydrogens (tertiary/aromatic N) is 3. The van der Waals surface area contributed by atoms with Gasteiger partial charge in [-0.25, -0.2) is 15.0 Å². The van der Waals surface area contributed by atoms with Crippen LogP contribution < -0.4 is 0 Å². The molecule has 8 aromatic carbocycles. The fraction of sp³-hybridized carbons (Fsp3) is 0.0192. The third-order valence-electron chi connectivity index (χ3n) is 11.8. The van der Waals surface area contributed by atoms with Gasteiger partial charge < -0.3 is 4.42 Å². The Hall–Kier alpha value is -7.43. The van der Waals surface area contributed by atoms with Crippen molar-refractivity contribution in [3.05, 3.63) is 210 Å². The highest BCUT2D eigenvalue weighted by molar-refractivity contribution is 6.05. The van der Waals surface area contributed by atoms with Crippen LogP contribution in [0.4, 0.5) is 0 Å². The zero-order valence-electron chi connectivity index (χ0n) is 30.1. The molecule has 0 unspecified atom stereocenters. The minimum Gasteiger partial charge on any atom is -0.456 e. The molecule has 4 heteroatoms. The molecule has 0 N–H and O–H groups in total. The summed E-state index contributed by atoms with van der Waals surface area (Å²) in [6.45, 7) is 0. The van der Waals surface area contributed by atoms with E-state index in [4.69, 9.17) is 19.4 Å². The van der Waals surface area contributed by atoms with E-state index in [2.05, 4.69) is 133 Å². The van der Waals surface area contributed by atoms with E-state index in [1.807, 2.05) is 54.6 Å². The van der Waals surface area contributed by atoms with Crippen molar-refractivity contribution in [1.82, 2.24) is 15.0 Å². The topological polar surface area (TPSA) is 51.8 Å². The van der Waals surface area contributed by atoms with Crippen LogP contribution >= 0.6 is 0 Å². The molecule has 0 amide bonds. The van der Waals surface area contributed by atoms with E-state index in [0.29, 0.717) is 17.5 Å². The van der Waals surface area contributed by atoms with Gasteiger partial charge in [-0.2, -0.15) is 0 Å². The van der Waals surface area contributed by atoms with Gasteiger partial charge in [0.1, 0.15) is 11.2 Å². The van der Waals surface area contributed by atoms with Crippen molar-refractivity contribution in [2.24, 2.45) is 0 Å². The Bertz CT molecular complexity index is 3150. The lowest BCUT2D eigenvalue weighted by Gasteiger charge is -2.30. The predicted octanol–water partition coefficient (Wildman–Crippen LogP) is 12.8. The summed E-state index contributed by atoms with van der Waals surface area (Å²) in [5, 5.41) is 2.16. The summed E-state index contributed by atoms with van der Waals surface area (Å²) in [6.07, 6.45) is 0. The van der Waals surface area contributed by atoms with Crippen molar-refractivity contribution in [3.8, 4) is 67.5 Å². The molecule has 0 aliphatic heterocycles. The Morgan fingerprint density at radius 2 is 0.768 bits per heavy atom. The van der Waals surface area contributed by atoms with Crippen LogP contribution in [0.3, 0.4) is 0 Å². The van der Waals surface area contributed by atoms with Crippen molar-refractivity contribution in [2.45, 2.75) is 5.41 Å². The van der Waals surface area contributed by atoms with Crippen molar-refractivity contribution in [2.75, 3.05) is 0 Å². The molecule has 10 aromatic rings. The quantitative estimate of drug-likeness (QED) is 0.182. The molecule has 0 saturated heterocycles. The van der Waals surface area contributed by atoms with Gasteiger partial charge in [0.25, 0.3) is 0 Å². The van der Waals surface area contributed by atoms with Crippen LogP contribution in [0.1, 0.15) is 22.3 Å². The molecule has 4 nitrogen and oxygen atoms in total. The number of benzene rings is 8. The molecule has 2 aliphatic rings. The zero-order chi connectivity index (χ0) is 36.8. The molecular formula is C52H31N3O. The second-order valence-corrected chi connectivity index (χ2v) is 14.7. The normalized spacial score (nSPS) is 13.1. The lowest BCUT2D eigenvalue weighted by Crippen LogP contribution is -2.25. The number of fused-ring (bicyclic) bond motifs is 13. The average Bonchev–Trinajstić information content (AvgIpc) is 3.90. The highest BCUT2D eigenvalue weighted by atomic mass is 16.3. The Balaban J connectivity index is 0.959. The van der Waals surface area contributed by atoms with E-state index >= 15 is 0 Å². The van der Waals surface area contributed by atoms with Gasteiger partial charge in [-0.05, 0) is 79.9 Å². The van der Waals surface area contributed by atoms with Crippen LogP contribution in [0.2, 0.25) is 0 Å². The summed E-state index contributed by atoms with van der Waals surface area (Å²) in [6, 6.07) is 66.9. The minimum atomic E-state index is -0.344. The number of hydrogen-bond donors (Lipinski definition) is 0. The van der Waals surface area contributed by atoms with Gasteiger partial charge in [0, 0.05) is 27.5 Å². The van der Waals surface area contributed by atoms with Crippen LogP contribution in [-0.2, 0) is 5.41 Å². The van der Waals surface area contributed by atoms with Crippen LogP contribution in [-0.4, -0.2) is 15.0 Å². The van der Waals surface area contributed by atoms with Crippen molar-refractivity contribution in [3.63, 3.8) is 0 Å². The molecule has 0 saturated carbocycles. The highest BCUT2D eigenvalue weighted by Crippen LogP contribution is 2.62. The Morgan fingerprint density at radius 1 is 0.304 bits per heavy atom. The Kier molecular flexibility index (Phi) is 6.52. The molecular weight excluding hydrogens is 683 g/mol. The first-order chi connectivity index (χ1) is 27.7. The van der Waals surface area contributed by atoms with Gasteiger partial charge in [-0.3, -0.25) is 0 Å². The lowest BCUT2D eigenvalue weighted by atomic mass is 9.70. The summed E-state index contributed by atoms with van der Waals surface area (Å²) >= 11 is 0. The third-order valence-corrected chi connectivity index (χ3v) is 11.8. The monoisotopic (exact) mass is 713 g/mol. The van der Waals surface area contributed by atoms with Crippen LogP contribution in [0, 0.1) is 0 Å². The van der Waals surface area contributed by atoms with Crippen molar-refractivity contribution >= 4 is 21.9 Å². The molecule has 0 bridgehead atoms. The Morgan fingerprint density at radius 3 is 1.45 bits per heavy atom. The third kappa shape index (κ3) is 4.38. The fourth-order valence-corrected chi connectivity index (χ4v) is 9.31. The molecule has 1 spiro atoms. The van der Waals surface area contributed by atoms with Crippen LogP contribution in [0.5, 0.6) is 0 Å². The average molecular weight is 714 g/mol. The summed E-state index contributed by atoms with van der Waals surface area (Å²) in [4.78, 5) is 15.0. The molecule has 0 fully saturated rings. The van der Waals surface area contributed by atoms with E-state index in [9.17, 15) is 0 Å². The summed E-state index contributed by atoms with van der Waals surface area (Å²) in [5.41, 5.74) is 17.0. The second kappa shape index (κ2) is 11.8. The standard InChI is InChI=1S/C52H31N3O/c1-2-12-33(13-3-1)49-53-50(55-51(54-49)36-26-28-41-40-17-7-11-21-47(40)56-48(41)31-36)34-24-22-32(23-25-34)35-27-29-46-42(30-35)39-16-6-10-20-45(39)52(46)43-18-8-4-14-37(43)38-15-5-9-19-44(38)52/h1-31H. The molecule has 0 radical (unpaired) electrons. The highest BCUT2D eigenvalue weighted by Gasteiger charge is 2.51. The van der Waals surface area contributed by atoms with Crippen LogP contribution in [0.15, 0.2) is 192 Å². The number of furan rings is 1. The largest absolute Gasteiger partial charge is 0.456 e. The molecule has 12 rings (SSSR count). The maximum absolute atomic E-state index is 6.23. The van der Waals surface area contributed by atoms with Crippen molar-refractivity contribution < 1.29 is 4.42 Å². The number of hydrogen-bond acceptors (Lipinski definition) is 4. The van der Waals surface area contributed by atoms with Gasteiger partial charge in [-0.15, -0.1) is 0 Å². The van der Waals surface area contributed by atoms with E-state index in [1.54, 1.807) is 0 Å². The molecule has 2 aliphatic carbocycles. The van der Waals surface area contributed by atoms with Crippen molar-refractivity contribution in [1.29, 1.82) is 0 Å². The molecule has 2 aromatic heterocycles. The lowest BCUT2D eigenvalue weighted by molar-refractivity contribution is 0.669. The molecule has 0 atom stereocenters. The number of rotatable bonds is 4. The molecule has 260 valence electrons. The zero-order valence-corrected chi connectivity index (χ0v) is 30.1. The smallest absolute Gasteiger partial charge is 0.164 e. The first kappa shape index (κ1) is 31.0. The Labute approximate surface area is 323 Å². The number of aromatic nitrogens is 3. The summed E-state index contributed by atoms with van der Waals surface area (Å²) in [5.74, 6) is 1.84. The van der Waals surface area contributed by atoms with Gasteiger partial charge in [-0.1, -0.05) is 164 Å². The van der Waals surface area contributed by atoms with Gasteiger partial charge in [0.05, 0.1) is 5.41 Å². The van der Waals surface area contributed by atoms with Gasteiger partial charge in [0.2, 0.25) is 0 Å². The summed E-state index contributed by atoms with van der Waals surface area (Å²) in [7, 11) is 0. The van der Waals surface area contributed by atoms with Gasteiger partial charge >= 0.3 is 0 Å². The molecule has 56 heavy (non-hydrogen) atoms. The fourth-order valence-electron chi connectivity index (χ4n) is 9.31. The predicted molar refractivity (Wildman–Crippen MR) is 225 cm³/mol. The maximum Gasteiger partial charge on any atom is 0.164 e. The van der Waals surface area contributed by atoms with E-state index in [1.165, 1.54) is 50.1 Å². The first-order valence-corrected chi connectivity index (χ1v) is 19.0. The SMILES string of the molecule is c1ccc(-c2nc(-c3ccc(-c4ccc5c(c4)-c4ccccc4C54c5ccccc5-c5ccccc54)cc3)nc(-c3ccc4c(c3)oc3ccccc34)n2)cc1. The van der Waals surface area contributed by atoms with Gasteiger partial charge in [0.15, 0.2) is 17.5 Å². The first-order valence-electron chi connectivity index (χ1n) is 19.0. The van der Waals surface area contributed by atoms with E-state index in [-0.39, 0.29) is 5.41 Å². The molecule has 2 heterocycles. The summed E-state index contributed by atoms with van der Waals surface area (Å²) < 4.78 is 6.23. The minimum absolute atomic E-state index is 0.344. The van der Waals surface area contributed by atoms with E-state index in [0.717, 1.165) is 44.2 Å².